The highest BCUT2D eigenvalue weighted by molar-refractivity contribution is 7.80. The van der Waals surface area contributed by atoms with Crippen molar-refractivity contribution in [1.29, 1.82) is 0 Å². The molecule has 0 heterocycles. The summed E-state index contributed by atoms with van der Waals surface area (Å²) in [5, 5.41) is 0. The number of hydrogen-bond acceptors (Lipinski definition) is 1. The summed E-state index contributed by atoms with van der Waals surface area (Å²) in [4.78, 5) is 0. The van der Waals surface area contributed by atoms with Crippen molar-refractivity contribution in [3.63, 3.8) is 0 Å². The predicted octanol–water partition coefficient (Wildman–Crippen LogP) is 34.9. The summed E-state index contributed by atoms with van der Waals surface area (Å²) < 4.78 is 0. The quantitative estimate of drug-likeness (QED) is 0.0455. The third-order valence-electron chi connectivity index (χ3n) is 21.8. The molecule has 90 heavy (non-hydrogen) atoms. The smallest absolute Gasteiger partial charge is 0.00979 e. The zero-order valence-corrected chi connectivity index (χ0v) is 64.6. The zero-order valence-electron chi connectivity index (χ0n) is 63.7. The molecule has 0 radical (unpaired) electrons. The van der Waals surface area contributed by atoms with Gasteiger partial charge in [-0.05, 0) is 12.2 Å². The second kappa shape index (κ2) is 89.3. The lowest BCUT2D eigenvalue weighted by Gasteiger charge is -2.05. The average Bonchev–Trinajstić information content (AvgIpc) is 3.55. The van der Waals surface area contributed by atoms with Crippen LogP contribution in [-0.4, -0.2) is 5.75 Å². The van der Waals surface area contributed by atoms with Gasteiger partial charge in [0.05, 0.1) is 0 Å². The third-order valence-corrected chi connectivity index (χ3v) is 22.1. The molecule has 0 fully saturated rings. The number of hydrogen-bond donors (Lipinski definition) is 1. The lowest BCUT2D eigenvalue weighted by atomic mass is 10.0. The molecule has 0 aliphatic heterocycles. The van der Waals surface area contributed by atoms with E-state index in [-0.39, 0.29) is 0 Å². The van der Waals surface area contributed by atoms with Crippen LogP contribution in [0.15, 0.2) is 0 Å². The maximum atomic E-state index is 4.31. The Balaban J connectivity index is 3.08. The maximum Gasteiger partial charge on any atom is -0.00979 e. The largest absolute Gasteiger partial charge is 0.179 e. The Bertz CT molecular complexity index is 1060. The topological polar surface area (TPSA) is 0 Å². The summed E-state index contributed by atoms with van der Waals surface area (Å²) in [6.45, 7) is 2.32. The molecular weight excluding hydrogens is 1100 g/mol. The van der Waals surface area contributed by atoms with Crippen LogP contribution in [0.4, 0.5) is 0 Å². The van der Waals surface area contributed by atoms with Gasteiger partial charge in [0, 0.05) is 0 Å². The lowest BCUT2D eigenvalue weighted by molar-refractivity contribution is 0.505. The minimum absolute atomic E-state index is 1.07. The van der Waals surface area contributed by atoms with Crippen LogP contribution < -0.4 is 0 Å². The summed E-state index contributed by atoms with van der Waals surface area (Å²) in [7, 11) is 0. The van der Waals surface area contributed by atoms with Crippen molar-refractivity contribution in [2.45, 2.75) is 566 Å². The van der Waals surface area contributed by atoms with E-state index in [2.05, 4.69) is 19.6 Å². The highest BCUT2D eigenvalue weighted by Crippen LogP contribution is 2.22. The number of rotatable bonds is 87. The second-order valence-electron chi connectivity index (χ2n) is 31.1. The zero-order chi connectivity index (χ0) is 64.2. The van der Waals surface area contributed by atoms with Crippen molar-refractivity contribution in [3.8, 4) is 0 Å². The molecule has 0 aliphatic carbocycles. The van der Waals surface area contributed by atoms with E-state index < -0.39 is 0 Å². The molecule has 0 bridgehead atoms. The normalized spacial score (nSPS) is 11.8. The van der Waals surface area contributed by atoms with Crippen LogP contribution in [0.3, 0.4) is 0 Å². The van der Waals surface area contributed by atoms with Crippen LogP contribution in [-0.2, 0) is 0 Å². The summed E-state index contributed by atoms with van der Waals surface area (Å²) in [6, 6.07) is 0. The highest BCUT2D eigenvalue weighted by Gasteiger charge is 2.03. The second-order valence-corrected chi connectivity index (χ2v) is 31.6. The van der Waals surface area contributed by atoms with Gasteiger partial charge in [-0.3, -0.25) is 0 Å². The SMILES string of the molecule is CCCCCCCCCCCCCCCCCCCCCCCCCCCCCCCCCCCCCCCCCCCCCCCCCCCCCCCCCCCCCCCCCCCCCCCCCCCCCCCCCCCCCCCCCS. The van der Waals surface area contributed by atoms with Crippen LogP contribution >= 0.6 is 12.6 Å². The third kappa shape index (κ3) is 88.3. The van der Waals surface area contributed by atoms with Crippen LogP contribution in [0, 0.1) is 0 Å². The molecule has 0 aromatic rings. The minimum Gasteiger partial charge on any atom is -0.179 e. The van der Waals surface area contributed by atoms with E-state index in [1.807, 2.05) is 0 Å². The molecule has 0 nitrogen and oxygen atoms in total. The van der Waals surface area contributed by atoms with E-state index in [1.54, 1.807) is 0 Å². The first kappa shape index (κ1) is 90.3. The van der Waals surface area contributed by atoms with E-state index in [0.717, 1.165) is 5.75 Å². The molecule has 0 spiro atoms. The van der Waals surface area contributed by atoms with Crippen LogP contribution in [0.1, 0.15) is 566 Å². The first-order valence-corrected chi connectivity index (χ1v) is 45.2. The van der Waals surface area contributed by atoms with Gasteiger partial charge in [0.1, 0.15) is 0 Å². The van der Waals surface area contributed by atoms with Gasteiger partial charge in [0.25, 0.3) is 0 Å². The predicted molar refractivity (Wildman–Crippen MR) is 421 cm³/mol. The molecule has 0 saturated heterocycles. The van der Waals surface area contributed by atoms with Gasteiger partial charge in [-0.15, -0.1) is 0 Å². The molecule has 0 aliphatic rings. The van der Waals surface area contributed by atoms with E-state index in [0.29, 0.717) is 0 Å². The van der Waals surface area contributed by atoms with Crippen LogP contribution in [0.25, 0.3) is 0 Å². The lowest BCUT2D eigenvalue weighted by Crippen LogP contribution is -1.85. The van der Waals surface area contributed by atoms with Crippen molar-refractivity contribution in [2.24, 2.45) is 0 Å². The van der Waals surface area contributed by atoms with Gasteiger partial charge in [-0.25, -0.2) is 0 Å². The number of thiol groups is 1. The van der Waals surface area contributed by atoms with Gasteiger partial charge < -0.3 is 0 Å². The Morgan fingerprint density at radius 3 is 0.200 bits per heavy atom. The molecule has 0 amide bonds. The van der Waals surface area contributed by atoms with Crippen LogP contribution in [0.5, 0.6) is 0 Å². The van der Waals surface area contributed by atoms with E-state index >= 15 is 0 Å². The molecule has 1 heteroatoms. The first-order chi connectivity index (χ1) is 44.9. The molecule has 0 aromatic heterocycles. The van der Waals surface area contributed by atoms with Crippen molar-refractivity contribution in [3.05, 3.63) is 0 Å². The summed E-state index contributed by atoms with van der Waals surface area (Å²) >= 11 is 4.31. The van der Waals surface area contributed by atoms with Crippen molar-refractivity contribution < 1.29 is 0 Å². The molecule has 542 valence electrons. The monoisotopic (exact) mass is 1280 g/mol. The van der Waals surface area contributed by atoms with Crippen LogP contribution in [0.2, 0.25) is 0 Å². The average molecular weight is 1280 g/mol. The number of unbranched alkanes of at least 4 members (excludes halogenated alkanes) is 86. The van der Waals surface area contributed by atoms with Gasteiger partial charge in [-0.1, -0.05) is 559 Å². The van der Waals surface area contributed by atoms with Crippen molar-refractivity contribution in [1.82, 2.24) is 0 Å². The van der Waals surface area contributed by atoms with Gasteiger partial charge >= 0.3 is 0 Å². The van der Waals surface area contributed by atoms with E-state index in [9.17, 15) is 0 Å². The fourth-order valence-electron chi connectivity index (χ4n) is 15.2. The molecular formula is C89H180S. The molecule has 0 N–H and O–H groups in total. The Morgan fingerprint density at radius 1 is 0.0889 bits per heavy atom. The molecule has 0 rings (SSSR count). The minimum atomic E-state index is 1.07. The Hall–Kier alpha value is 0.350. The Morgan fingerprint density at radius 2 is 0.144 bits per heavy atom. The fourth-order valence-corrected chi connectivity index (χ4v) is 15.4. The summed E-state index contributed by atoms with van der Waals surface area (Å²) in [6.07, 6.45) is 130. The maximum absolute atomic E-state index is 4.31. The highest BCUT2D eigenvalue weighted by atomic mass is 32.1. The Labute approximate surface area is 580 Å². The summed E-state index contributed by atoms with van der Waals surface area (Å²) in [5.74, 6) is 1.07. The van der Waals surface area contributed by atoms with Gasteiger partial charge in [0.2, 0.25) is 0 Å². The van der Waals surface area contributed by atoms with Gasteiger partial charge in [-0.2, -0.15) is 12.6 Å². The molecule has 0 unspecified atom stereocenters. The van der Waals surface area contributed by atoms with Crippen molar-refractivity contribution in [2.75, 3.05) is 5.75 Å². The van der Waals surface area contributed by atoms with E-state index in [1.165, 1.54) is 559 Å². The Kier molecular flexibility index (Phi) is 89.7. The molecule has 0 saturated carbocycles. The fraction of sp³-hybridized carbons (Fsp3) is 1.00. The first-order valence-electron chi connectivity index (χ1n) is 44.5. The summed E-state index contributed by atoms with van der Waals surface area (Å²) in [5.41, 5.74) is 0. The van der Waals surface area contributed by atoms with Crippen molar-refractivity contribution >= 4 is 12.6 Å². The standard InChI is InChI=1S/C89H180S/c1-2-3-4-5-6-7-8-9-10-11-12-13-14-15-16-17-18-19-20-21-22-23-24-25-26-27-28-29-30-31-32-33-34-35-36-37-38-39-40-41-42-43-44-45-46-47-48-49-50-51-52-53-54-55-56-57-58-59-60-61-62-63-64-65-66-67-68-69-70-71-72-73-74-75-76-77-78-79-80-81-82-83-84-85-86-87-88-89-90/h90H,2-89H2,1H3. The molecule has 0 atom stereocenters. The molecule has 0 aromatic carbocycles. The van der Waals surface area contributed by atoms with E-state index in [4.69, 9.17) is 0 Å². The van der Waals surface area contributed by atoms with Gasteiger partial charge in [0.15, 0.2) is 0 Å².